The molecule has 2 saturated heterocycles. The highest BCUT2D eigenvalue weighted by molar-refractivity contribution is 14.0. The van der Waals surface area contributed by atoms with Crippen molar-refractivity contribution in [3.63, 3.8) is 0 Å². The molecule has 0 saturated carbocycles. The number of thioether (sulfide) groups is 1. The van der Waals surface area contributed by atoms with E-state index in [1.54, 1.807) is 0 Å². The van der Waals surface area contributed by atoms with Crippen LogP contribution in [0.5, 0.6) is 0 Å². The van der Waals surface area contributed by atoms with Crippen LogP contribution in [0.3, 0.4) is 0 Å². The molecule has 0 aromatic heterocycles. The molecular formula is C21H35IN4OS. The molecule has 7 heteroatoms. The molecule has 0 spiro atoms. The molecule has 1 aromatic rings. The lowest BCUT2D eigenvalue weighted by Crippen LogP contribution is -2.54. The summed E-state index contributed by atoms with van der Waals surface area (Å²) in [6.45, 7) is 7.08. The summed E-state index contributed by atoms with van der Waals surface area (Å²) < 4.78 is 5.86. The molecule has 2 fully saturated rings. The van der Waals surface area contributed by atoms with Gasteiger partial charge in [-0.1, -0.05) is 25.1 Å². The van der Waals surface area contributed by atoms with Crippen LogP contribution in [0.4, 0.5) is 5.69 Å². The Balaban J connectivity index is 0.00000280. The number of anilines is 1. The number of halogens is 1. The number of benzene rings is 1. The van der Waals surface area contributed by atoms with Crippen LogP contribution in [0.15, 0.2) is 35.3 Å². The minimum absolute atomic E-state index is 0. The van der Waals surface area contributed by atoms with Crippen molar-refractivity contribution < 1.29 is 4.74 Å². The van der Waals surface area contributed by atoms with Crippen molar-refractivity contribution in [2.45, 2.75) is 43.4 Å². The summed E-state index contributed by atoms with van der Waals surface area (Å²) in [6, 6.07) is 11.1. The van der Waals surface area contributed by atoms with Crippen LogP contribution >= 0.6 is 35.7 Å². The number of hydrogen-bond acceptors (Lipinski definition) is 4. The van der Waals surface area contributed by atoms with Crippen molar-refractivity contribution >= 4 is 47.4 Å². The third kappa shape index (κ3) is 6.69. The molecule has 28 heavy (non-hydrogen) atoms. The van der Waals surface area contributed by atoms with Gasteiger partial charge in [-0.25, -0.2) is 0 Å². The monoisotopic (exact) mass is 518 g/mol. The van der Waals surface area contributed by atoms with Gasteiger partial charge >= 0.3 is 0 Å². The molecule has 0 amide bonds. The Morgan fingerprint density at radius 1 is 1.29 bits per heavy atom. The lowest BCUT2D eigenvalue weighted by atomic mass is 9.99. The van der Waals surface area contributed by atoms with Crippen LogP contribution in [0.25, 0.3) is 0 Å². The van der Waals surface area contributed by atoms with Crippen LogP contribution in [0, 0.1) is 0 Å². The van der Waals surface area contributed by atoms with Gasteiger partial charge in [-0.05, 0) is 43.6 Å². The number of nitrogens with zero attached hydrogens (tertiary/aromatic N) is 2. The van der Waals surface area contributed by atoms with Gasteiger partial charge < -0.3 is 20.3 Å². The van der Waals surface area contributed by atoms with E-state index in [2.05, 4.69) is 69.5 Å². The lowest BCUT2D eigenvalue weighted by Gasteiger charge is -2.38. The van der Waals surface area contributed by atoms with Crippen LogP contribution in [-0.4, -0.2) is 62.4 Å². The standard InChI is InChI=1S/C21H34N4OS.HI/c1-3-27-21(11-14-26-15-12-21)17-23-20(22-2)24-18-8-7-13-25(16-18)19-9-5-4-6-10-19;/h4-6,9-10,18H,3,7-8,11-17H2,1-2H3,(H2,22,23,24);1H. The van der Waals surface area contributed by atoms with Gasteiger partial charge in [0.15, 0.2) is 5.96 Å². The largest absolute Gasteiger partial charge is 0.381 e. The summed E-state index contributed by atoms with van der Waals surface area (Å²) in [4.78, 5) is 6.96. The van der Waals surface area contributed by atoms with Crippen molar-refractivity contribution in [2.75, 3.05) is 50.5 Å². The van der Waals surface area contributed by atoms with Crippen molar-refractivity contribution in [1.29, 1.82) is 0 Å². The van der Waals surface area contributed by atoms with E-state index < -0.39 is 0 Å². The van der Waals surface area contributed by atoms with E-state index in [9.17, 15) is 0 Å². The van der Waals surface area contributed by atoms with Gasteiger partial charge in [-0.15, -0.1) is 24.0 Å². The van der Waals surface area contributed by atoms with E-state index in [4.69, 9.17) is 4.74 Å². The molecule has 0 bridgehead atoms. The third-order valence-electron chi connectivity index (χ3n) is 5.54. The van der Waals surface area contributed by atoms with Crippen molar-refractivity contribution in [3.8, 4) is 0 Å². The van der Waals surface area contributed by atoms with Crippen molar-refractivity contribution in [3.05, 3.63) is 30.3 Å². The van der Waals surface area contributed by atoms with Gasteiger partial charge in [0.25, 0.3) is 0 Å². The van der Waals surface area contributed by atoms with E-state index in [-0.39, 0.29) is 28.7 Å². The molecule has 5 nitrogen and oxygen atoms in total. The zero-order chi connectivity index (χ0) is 19.0. The van der Waals surface area contributed by atoms with E-state index in [1.807, 2.05) is 7.05 Å². The highest BCUT2D eigenvalue weighted by Gasteiger charge is 2.33. The molecule has 1 aromatic carbocycles. The van der Waals surface area contributed by atoms with Crippen LogP contribution in [-0.2, 0) is 4.74 Å². The fraction of sp³-hybridized carbons (Fsp3) is 0.667. The summed E-state index contributed by atoms with van der Waals surface area (Å²) in [7, 11) is 1.87. The van der Waals surface area contributed by atoms with Crippen LogP contribution < -0.4 is 15.5 Å². The zero-order valence-corrected chi connectivity index (χ0v) is 20.3. The molecule has 3 rings (SSSR count). The van der Waals surface area contributed by atoms with Crippen molar-refractivity contribution in [1.82, 2.24) is 10.6 Å². The summed E-state index contributed by atoms with van der Waals surface area (Å²) in [5.41, 5.74) is 1.31. The van der Waals surface area contributed by atoms with E-state index in [0.717, 1.165) is 57.4 Å². The normalized spacial score (nSPS) is 22.3. The second-order valence-electron chi connectivity index (χ2n) is 7.42. The molecular weight excluding hydrogens is 483 g/mol. The Bertz CT molecular complexity index is 590. The summed E-state index contributed by atoms with van der Waals surface area (Å²) in [5.74, 6) is 2.07. The predicted octanol–water partition coefficient (Wildman–Crippen LogP) is 3.74. The predicted molar refractivity (Wildman–Crippen MR) is 133 cm³/mol. The second kappa shape index (κ2) is 12.1. The number of aliphatic imine (C=N–C) groups is 1. The molecule has 1 atom stereocenters. The first-order valence-corrected chi connectivity index (χ1v) is 11.2. The van der Waals surface area contributed by atoms with Gasteiger partial charge in [0.05, 0.1) is 0 Å². The topological polar surface area (TPSA) is 48.9 Å². The molecule has 2 aliphatic heterocycles. The Morgan fingerprint density at radius 2 is 2.04 bits per heavy atom. The number of piperidine rings is 1. The summed E-state index contributed by atoms with van der Waals surface area (Å²) in [5, 5.41) is 7.27. The zero-order valence-electron chi connectivity index (χ0n) is 17.2. The molecule has 158 valence electrons. The highest BCUT2D eigenvalue weighted by Crippen LogP contribution is 2.34. The quantitative estimate of drug-likeness (QED) is 0.342. The Kier molecular flexibility index (Phi) is 10.2. The lowest BCUT2D eigenvalue weighted by molar-refractivity contribution is 0.0782. The first-order valence-electron chi connectivity index (χ1n) is 10.2. The maximum atomic E-state index is 5.59. The minimum atomic E-state index is 0. The van der Waals surface area contributed by atoms with Crippen LogP contribution in [0.1, 0.15) is 32.6 Å². The Morgan fingerprint density at radius 3 is 2.71 bits per heavy atom. The SMILES string of the molecule is CCSC1(CNC(=NC)NC2CCCN(c3ccccc3)C2)CCOCC1.I. The smallest absolute Gasteiger partial charge is 0.191 e. The fourth-order valence-corrected chi connectivity index (χ4v) is 5.26. The molecule has 0 aliphatic carbocycles. The number of para-hydroxylation sites is 1. The van der Waals surface area contributed by atoms with Gasteiger partial charge in [0.2, 0.25) is 0 Å². The number of hydrogen-bond donors (Lipinski definition) is 2. The van der Waals surface area contributed by atoms with Gasteiger partial charge in [0, 0.05) is 56.4 Å². The summed E-state index contributed by atoms with van der Waals surface area (Å²) in [6.07, 6.45) is 4.62. The minimum Gasteiger partial charge on any atom is -0.381 e. The van der Waals surface area contributed by atoms with Crippen LogP contribution in [0.2, 0.25) is 0 Å². The number of rotatable bonds is 6. The maximum Gasteiger partial charge on any atom is 0.191 e. The van der Waals surface area contributed by atoms with E-state index in [1.165, 1.54) is 18.5 Å². The molecule has 0 radical (unpaired) electrons. The molecule has 2 aliphatic rings. The molecule has 1 unspecified atom stereocenters. The number of nitrogens with one attached hydrogen (secondary N) is 2. The number of ether oxygens (including phenoxy) is 1. The van der Waals surface area contributed by atoms with Gasteiger partial charge in [-0.3, -0.25) is 4.99 Å². The molecule has 2 heterocycles. The van der Waals surface area contributed by atoms with E-state index in [0.29, 0.717) is 6.04 Å². The second-order valence-corrected chi connectivity index (χ2v) is 9.15. The maximum absolute atomic E-state index is 5.59. The van der Waals surface area contributed by atoms with E-state index >= 15 is 0 Å². The average molecular weight is 519 g/mol. The van der Waals surface area contributed by atoms with Gasteiger partial charge in [-0.2, -0.15) is 11.8 Å². The highest BCUT2D eigenvalue weighted by atomic mass is 127. The van der Waals surface area contributed by atoms with Gasteiger partial charge in [0.1, 0.15) is 0 Å². The average Bonchev–Trinajstić information content (AvgIpc) is 2.73. The number of guanidine groups is 1. The first kappa shape index (κ1) is 23.6. The fourth-order valence-electron chi connectivity index (χ4n) is 4.02. The van der Waals surface area contributed by atoms with Crippen molar-refractivity contribution in [2.24, 2.45) is 4.99 Å². The first-order chi connectivity index (χ1) is 13.2. The Hall–Kier alpha value is -0.670. The third-order valence-corrected chi connectivity index (χ3v) is 6.99. The molecule has 2 N–H and O–H groups in total. The Labute approximate surface area is 191 Å². The summed E-state index contributed by atoms with van der Waals surface area (Å²) >= 11 is 2.06.